The van der Waals surface area contributed by atoms with Crippen LogP contribution in [0.4, 0.5) is 5.69 Å². The molecule has 0 aromatic heterocycles. The Balaban J connectivity index is 2.83. The van der Waals surface area contributed by atoms with Gasteiger partial charge >= 0.3 is 0 Å². The lowest BCUT2D eigenvalue weighted by Gasteiger charge is -2.24. The van der Waals surface area contributed by atoms with Crippen LogP contribution in [0.2, 0.25) is 0 Å². The number of halogens is 2. The predicted molar refractivity (Wildman–Crippen MR) is 87.1 cm³/mol. The molecule has 1 aromatic carbocycles. The fourth-order valence-corrected chi connectivity index (χ4v) is 3.06. The molecular formula is C14H20Br2N2O. The Morgan fingerprint density at radius 1 is 1.32 bits per heavy atom. The molecule has 1 rings (SSSR count). The molecule has 1 atom stereocenters. The summed E-state index contributed by atoms with van der Waals surface area (Å²) in [5.41, 5.74) is 6.55. The minimum atomic E-state index is -0.181. The maximum absolute atomic E-state index is 12.3. The molecule has 106 valence electrons. The monoisotopic (exact) mass is 390 g/mol. The molecule has 3 N–H and O–H groups in total. The highest BCUT2D eigenvalue weighted by atomic mass is 79.9. The van der Waals surface area contributed by atoms with Gasteiger partial charge in [-0.05, 0) is 55.8 Å². The third-order valence-electron chi connectivity index (χ3n) is 2.73. The Morgan fingerprint density at radius 2 is 1.84 bits per heavy atom. The predicted octanol–water partition coefficient (Wildman–Crippen LogP) is 4.16. The molecule has 1 aromatic rings. The van der Waals surface area contributed by atoms with Crippen LogP contribution >= 0.6 is 31.9 Å². The summed E-state index contributed by atoms with van der Waals surface area (Å²) in [7, 11) is 0. The van der Waals surface area contributed by atoms with E-state index >= 15 is 0 Å². The minimum Gasteiger partial charge on any atom is -0.330 e. The molecule has 0 aliphatic carbocycles. The standard InChI is InChI=1S/C14H20Br2N2O/c1-14(2,3)7-9(8-17)13(19)18-12-10(15)5-4-6-11(12)16/h4-6,9H,7-8,17H2,1-3H3,(H,18,19). The Hall–Kier alpha value is -0.390. The zero-order chi connectivity index (χ0) is 14.6. The van der Waals surface area contributed by atoms with Crippen LogP contribution in [0.25, 0.3) is 0 Å². The molecule has 0 heterocycles. The van der Waals surface area contributed by atoms with Gasteiger partial charge in [-0.1, -0.05) is 26.8 Å². The van der Waals surface area contributed by atoms with Crippen LogP contribution in [0.1, 0.15) is 27.2 Å². The summed E-state index contributed by atoms with van der Waals surface area (Å²) in [6.45, 7) is 6.68. The van der Waals surface area contributed by atoms with Gasteiger partial charge in [0, 0.05) is 15.5 Å². The van der Waals surface area contributed by atoms with Crippen molar-refractivity contribution < 1.29 is 4.79 Å². The average molecular weight is 392 g/mol. The summed E-state index contributed by atoms with van der Waals surface area (Å²) in [5, 5.41) is 2.94. The van der Waals surface area contributed by atoms with Crippen molar-refractivity contribution in [2.45, 2.75) is 27.2 Å². The first kappa shape index (κ1) is 16.7. The van der Waals surface area contributed by atoms with Crippen LogP contribution in [0.15, 0.2) is 27.1 Å². The second-order valence-electron chi connectivity index (χ2n) is 5.78. The molecule has 1 amide bonds. The van der Waals surface area contributed by atoms with E-state index < -0.39 is 0 Å². The van der Waals surface area contributed by atoms with E-state index in [0.717, 1.165) is 21.1 Å². The molecule has 1 unspecified atom stereocenters. The van der Waals surface area contributed by atoms with E-state index in [2.05, 4.69) is 57.9 Å². The number of carbonyl (C=O) groups is 1. The van der Waals surface area contributed by atoms with Gasteiger partial charge in [0.1, 0.15) is 0 Å². The van der Waals surface area contributed by atoms with Gasteiger partial charge < -0.3 is 11.1 Å². The Kier molecular flexibility index (Phi) is 6.02. The SMILES string of the molecule is CC(C)(C)CC(CN)C(=O)Nc1c(Br)cccc1Br. The van der Waals surface area contributed by atoms with Gasteiger partial charge in [-0.25, -0.2) is 0 Å². The van der Waals surface area contributed by atoms with E-state index in [1.807, 2.05) is 18.2 Å². The van der Waals surface area contributed by atoms with Crippen molar-refractivity contribution in [1.82, 2.24) is 0 Å². The number of benzene rings is 1. The number of hydrogen-bond donors (Lipinski definition) is 2. The minimum absolute atomic E-state index is 0.0370. The van der Waals surface area contributed by atoms with Crippen LogP contribution in [0.3, 0.4) is 0 Å². The largest absolute Gasteiger partial charge is 0.330 e. The fourth-order valence-electron chi connectivity index (χ4n) is 1.86. The van der Waals surface area contributed by atoms with E-state index in [1.54, 1.807) is 0 Å². The zero-order valence-corrected chi connectivity index (χ0v) is 14.6. The maximum Gasteiger partial charge on any atom is 0.228 e. The van der Waals surface area contributed by atoms with Gasteiger partial charge in [0.25, 0.3) is 0 Å². The summed E-state index contributed by atoms with van der Waals surface area (Å²) < 4.78 is 1.70. The Labute approximate surface area is 131 Å². The van der Waals surface area contributed by atoms with Crippen molar-refractivity contribution in [3.05, 3.63) is 27.1 Å². The van der Waals surface area contributed by atoms with E-state index in [0.29, 0.717) is 6.54 Å². The lowest BCUT2D eigenvalue weighted by atomic mass is 9.84. The molecule has 0 aliphatic heterocycles. The second-order valence-corrected chi connectivity index (χ2v) is 7.49. The van der Waals surface area contributed by atoms with Gasteiger partial charge in [-0.15, -0.1) is 0 Å². The highest BCUT2D eigenvalue weighted by molar-refractivity contribution is 9.11. The van der Waals surface area contributed by atoms with E-state index in [4.69, 9.17) is 5.73 Å². The van der Waals surface area contributed by atoms with Crippen LogP contribution in [0.5, 0.6) is 0 Å². The van der Waals surface area contributed by atoms with Gasteiger partial charge in [-0.2, -0.15) is 0 Å². The lowest BCUT2D eigenvalue weighted by Crippen LogP contribution is -2.32. The molecule has 5 heteroatoms. The van der Waals surface area contributed by atoms with Crippen LogP contribution in [-0.4, -0.2) is 12.5 Å². The van der Waals surface area contributed by atoms with Crippen molar-refractivity contribution in [3.63, 3.8) is 0 Å². The van der Waals surface area contributed by atoms with E-state index in [9.17, 15) is 4.79 Å². The van der Waals surface area contributed by atoms with Crippen molar-refractivity contribution in [2.75, 3.05) is 11.9 Å². The highest BCUT2D eigenvalue weighted by Crippen LogP contribution is 2.32. The third-order valence-corrected chi connectivity index (χ3v) is 4.05. The molecule has 0 spiro atoms. The molecule has 0 bridgehead atoms. The van der Waals surface area contributed by atoms with Crippen LogP contribution in [0, 0.1) is 11.3 Å². The molecule has 0 saturated heterocycles. The Bertz CT molecular complexity index is 435. The van der Waals surface area contributed by atoms with Gasteiger partial charge in [0.05, 0.1) is 11.6 Å². The molecular weight excluding hydrogens is 372 g/mol. The molecule has 0 saturated carbocycles. The first-order chi connectivity index (χ1) is 8.74. The van der Waals surface area contributed by atoms with Gasteiger partial charge in [0.15, 0.2) is 0 Å². The van der Waals surface area contributed by atoms with Crippen LogP contribution < -0.4 is 11.1 Å². The normalized spacial score (nSPS) is 13.2. The summed E-state index contributed by atoms with van der Waals surface area (Å²) in [5.74, 6) is -0.218. The van der Waals surface area contributed by atoms with Gasteiger partial charge in [-0.3, -0.25) is 4.79 Å². The number of para-hydroxylation sites is 1. The average Bonchev–Trinajstić information content (AvgIpc) is 2.29. The number of nitrogens with two attached hydrogens (primary N) is 1. The number of anilines is 1. The summed E-state index contributed by atoms with van der Waals surface area (Å²) in [4.78, 5) is 12.3. The molecule has 3 nitrogen and oxygen atoms in total. The van der Waals surface area contributed by atoms with E-state index in [-0.39, 0.29) is 17.2 Å². The molecule has 0 aliphatic rings. The topological polar surface area (TPSA) is 55.1 Å². The number of rotatable bonds is 4. The summed E-state index contributed by atoms with van der Waals surface area (Å²) in [6.07, 6.45) is 0.761. The number of nitrogens with one attached hydrogen (secondary N) is 1. The quantitative estimate of drug-likeness (QED) is 0.809. The van der Waals surface area contributed by atoms with Crippen molar-refractivity contribution in [2.24, 2.45) is 17.1 Å². The molecule has 0 fully saturated rings. The van der Waals surface area contributed by atoms with Crippen molar-refractivity contribution >= 4 is 43.5 Å². The van der Waals surface area contributed by atoms with E-state index in [1.165, 1.54) is 0 Å². The summed E-state index contributed by atoms with van der Waals surface area (Å²) >= 11 is 6.86. The lowest BCUT2D eigenvalue weighted by molar-refractivity contribution is -0.120. The van der Waals surface area contributed by atoms with Crippen molar-refractivity contribution in [3.8, 4) is 0 Å². The maximum atomic E-state index is 12.3. The zero-order valence-electron chi connectivity index (χ0n) is 11.5. The number of hydrogen-bond acceptors (Lipinski definition) is 2. The first-order valence-corrected chi connectivity index (χ1v) is 7.78. The van der Waals surface area contributed by atoms with Gasteiger partial charge in [0.2, 0.25) is 5.91 Å². The number of carbonyl (C=O) groups excluding carboxylic acids is 1. The second kappa shape index (κ2) is 6.86. The third kappa shape index (κ3) is 5.24. The fraction of sp³-hybridized carbons (Fsp3) is 0.500. The highest BCUT2D eigenvalue weighted by Gasteiger charge is 2.24. The summed E-state index contributed by atoms with van der Waals surface area (Å²) in [6, 6.07) is 5.68. The first-order valence-electron chi connectivity index (χ1n) is 6.19. The Morgan fingerprint density at radius 3 is 2.26 bits per heavy atom. The van der Waals surface area contributed by atoms with Crippen molar-refractivity contribution in [1.29, 1.82) is 0 Å². The van der Waals surface area contributed by atoms with Crippen LogP contribution in [-0.2, 0) is 4.79 Å². The number of amides is 1. The molecule has 0 radical (unpaired) electrons. The smallest absolute Gasteiger partial charge is 0.228 e. The molecule has 19 heavy (non-hydrogen) atoms.